The number of nitrogens with zero attached hydrogens (tertiary/aromatic N) is 2. The molecule has 0 unspecified atom stereocenters. The maximum absolute atomic E-state index is 4.59. The zero-order chi connectivity index (χ0) is 16.9. The Labute approximate surface area is 153 Å². The Bertz CT molecular complexity index is 510. The van der Waals surface area contributed by atoms with Crippen LogP contribution in [0.5, 0.6) is 0 Å². The van der Waals surface area contributed by atoms with Gasteiger partial charge in [0.05, 0.1) is 0 Å². The van der Waals surface area contributed by atoms with Crippen LogP contribution in [0.15, 0.2) is 12.4 Å². The van der Waals surface area contributed by atoms with Crippen molar-refractivity contribution in [1.29, 1.82) is 0 Å². The molecule has 0 aliphatic heterocycles. The normalized spacial score (nSPS) is 23.6. The number of nitrogens with one attached hydrogen (secondary N) is 1. The van der Waals surface area contributed by atoms with Crippen molar-refractivity contribution < 1.29 is 0 Å². The van der Waals surface area contributed by atoms with Crippen LogP contribution in [0, 0.1) is 17.8 Å². The van der Waals surface area contributed by atoms with E-state index in [9.17, 15) is 0 Å². The van der Waals surface area contributed by atoms with Crippen molar-refractivity contribution >= 4 is 5.82 Å². The Morgan fingerprint density at radius 1 is 0.800 bits per heavy atom. The first-order chi connectivity index (χ1) is 12.4. The van der Waals surface area contributed by atoms with Gasteiger partial charge in [0.1, 0.15) is 12.1 Å². The van der Waals surface area contributed by atoms with Gasteiger partial charge in [-0.05, 0) is 30.6 Å². The third kappa shape index (κ3) is 4.35. The standard InChI is InChI=1S/C22H35N3/c1-2-12-19(13-3-1)21-14-22(25-16-24-21)23-15-20(17-8-4-5-9-17)18-10-6-7-11-18/h14,16-20H,1-13,15H2,(H,23,24,25). The lowest BCUT2D eigenvalue weighted by Crippen LogP contribution is -2.28. The van der Waals surface area contributed by atoms with Crippen LogP contribution in [0.1, 0.15) is 95.1 Å². The highest BCUT2D eigenvalue weighted by atomic mass is 15.0. The molecule has 1 N–H and O–H groups in total. The molecule has 0 aromatic carbocycles. The molecule has 1 aromatic rings. The minimum atomic E-state index is 0.665. The van der Waals surface area contributed by atoms with E-state index in [0.29, 0.717) is 5.92 Å². The Morgan fingerprint density at radius 3 is 2.04 bits per heavy atom. The molecule has 1 heterocycles. The molecule has 3 heteroatoms. The number of anilines is 1. The van der Waals surface area contributed by atoms with E-state index in [1.54, 1.807) is 6.33 Å². The van der Waals surface area contributed by atoms with E-state index in [1.165, 1.54) is 89.2 Å². The predicted molar refractivity (Wildman–Crippen MR) is 104 cm³/mol. The summed E-state index contributed by atoms with van der Waals surface area (Å²) in [4.78, 5) is 9.13. The maximum Gasteiger partial charge on any atom is 0.129 e. The molecule has 0 bridgehead atoms. The first kappa shape index (κ1) is 17.3. The molecule has 138 valence electrons. The van der Waals surface area contributed by atoms with Crippen molar-refractivity contribution in [3.63, 3.8) is 0 Å². The van der Waals surface area contributed by atoms with Gasteiger partial charge in [-0.3, -0.25) is 0 Å². The summed E-state index contributed by atoms with van der Waals surface area (Å²) in [5.74, 6) is 4.50. The van der Waals surface area contributed by atoms with Gasteiger partial charge in [0.25, 0.3) is 0 Å². The molecule has 1 aromatic heterocycles. The smallest absolute Gasteiger partial charge is 0.129 e. The highest BCUT2D eigenvalue weighted by molar-refractivity contribution is 5.36. The van der Waals surface area contributed by atoms with Crippen LogP contribution in [-0.2, 0) is 0 Å². The highest BCUT2D eigenvalue weighted by Crippen LogP contribution is 2.41. The van der Waals surface area contributed by atoms with Gasteiger partial charge < -0.3 is 5.32 Å². The lowest BCUT2D eigenvalue weighted by molar-refractivity contribution is 0.244. The summed E-state index contributed by atoms with van der Waals surface area (Å²) in [5, 5.41) is 3.73. The molecule has 3 nitrogen and oxygen atoms in total. The minimum absolute atomic E-state index is 0.665. The van der Waals surface area contributed by atoms with Crippen LogP contribution in [0.3, 0.4) is 0 Å². The van der Waals surface area contributed by atoms with Gasteiger partial charge in [-0.1, -0.05) is 70.6 Å². The van der Waals surface area contributed by atoms with Gasteiger partial charge in [-0.25, -0.2) is 9.97 Å². The lowest BCUT2D eigenvalue weighted by Gasteiger charge is -2.30. The van der Waals surface area contributed by atoms with Gasteiger partial charge >= 0.3 is 0 Å². The zero-order valence-electron chi connectivity index (χ0n) is 15.8. The van der Waals surface area contributed by atoms with Crippen LogP contribution in [0.2, 0.25) is 0 Å². The third-order valence-electron chi connectivity index (χ3n) is 7.24. The molecule has 3 saturated carbocycles. The highest BCUT2D eigenvalue weighted by Gasteiger charge is 2.33. The number of aromatic nitrogens is 2. The fraction of sp³-hybridized carbons (Fsp3) is 0.818. The molecule has 3 aliphatic rings. The van der Waals surface area contributed by atoms with Crippen LogP contribution in [-0.4, -0.2) is 16.5 Å². The van der Waals surface area contributed by atoms with Crippen molar-refractivity contribution in [3.05, 3.63) is 18.1 Å². The predicted octanol–water partition coefficient (Wildman–Crippen LogP) is 5.93. The molecule has 0 amide bonds. The van der Waals surface area contributed by atoms with Crippen molar-refractivity contribution in [2.24, 2.45) is 17.8 Å². The summed E-state index contributed by atoms with van der Waals surface area (Å²) in [7, 11) is 0. The molecule has 4 rings (SSSR count). The Kier molecular flexibility index (Phi) is 5.89. The topological polar surface area (TPSA) is 37.8 Å². The third-order valence-corrected chi connectivity index (χ3v) is 7.24. The number of hydrogen-bond donors (Lipinski definition) is 1. The second-order valence-corrected chi connectivity index (χ2v) is 8.80. The van der Waals surface area contributed by atoms with E-state index >= 15 is 0 Å². The van der Waals surface area contributed by atoms with Crippen LogP contribution in [0.25, 0.3) is 0 Å². The van der Waals surface area contributed by atoms with E-state index in [0.717, 1.165) is 30.1 Å². The quantitative estimate of drug-likeness (QED) is 0.696. The minimum Gasteiger partial charge on any atom is -0.370 e. The monoisotopic (exact) mass is 341 g/mol. The van der Waals surface area contributed by atoms with E-state index in [1.807, 2.05) is 0 Å². The molecule has 0 saturated heterocycles. The van der Waals surface area contributed by atoms with Crippen LogP contribution >= 0.6 is 0 Å². The summed E-state index contributed by atoms with van der Waals surface area (Å²) in [5.41, 5.74) is 1.27. The van der Waals surface area contributed by atoms with Gasteiger partial charge in [-0.15, -0.1) is 0 Å². The summed E-state index contributed by atoms with van der Waals surface area (Å²) in [6.07, 6.45) is 20.2. The summed E-state index contributed by atoms with van der Waals surface area (Å²) in [6, 6.07) is 2.25. The average molecular weight is 342 g/mol. The SMILES string of the molecule is c1nc(NCC(C2CCCC2)C2CCCC2)cc(C2CCCCC2)n1. The Balaban J connectivity index is 1.39. The van der Waals surface area contributed by atoms with E-state index in [-0.39, 0.29) is 0 Å². The Hall–Kier alpha value is -1.12. The largest absolute Gasteiger partial charge is 0.370 e. The average Bonchev–Trinajstić information content (AvgIpc) is 3.38. The number of hydrogen-bond acceptors (Lipinski definition) is 3. The summed E-state index contributed by atoms with van der Waals surface area (Å²) >= 11 is 0. The van der Waals surface area contributed by atoms with E-state index in [4.69, 9.17) is 0 Å². The lowest BCUT2D eigenvalue weighted by atomic mass is 9.79. The van der Waals surface area contributed by atoms with Crippen molar-refractivity contribution in [3.8, 4) is 0 Å². The van der Waals surface area contributed by atoms with Gasteiger partial charge in [0, 0.05) is 24.2 Å². The number of rotatable bonds is 6. The van der Waals surface area contributed by atoms with Gasteiger partial charge in [0.15, 0.2) is 0 Å². The zero-order valence-corrected chi connectivity index (χ0v) is 15.8. The molecular weight excluding hydrogens is 306 g/mol. The van der Waals surface area contributed by atoms with E-state index < -0.39 is 0 Å². The molecule has 0 atom stereocenters. The molecule has 25 heavy (non-hydrogen) atoms. The first-order valence-corrected chi connectivity index (χ1v) is 11.0. The Morgan fingerprint density at radius 2 is 1.40 bits per heavy atom. The summed E-state index contributed by atoms with van der Waals surface area (Å²) < 4.78 is 0. The fourth-order valence-electron chi connectivity index (χ4n) is 5.80. The first-order valence-electron chi connectivity index (χ1n) is 11.0. The van der Waals surface area contributed by atoms with Crippen molar-refractivity contribution in [1.82, 2.24) is 9.97 Å². The van der Waals surface area contributed by atoms with Crippen LogP contribution in [0.4, 0.5) is 5.82 Å². The molecule has 3 aliphatic carbocycles. The molecule has 0 radical (unpaired) electrons. The van der Waals surface area contributed by atoms with Crippen molar-refractivity contribution in [2.45, 2.75) is 89.4 Å². The second-order valence-electron chi connectivity index (χ2n) is 8.80. The van der Waals surface area contributed by atoms with Gasteiger partial charge in [0.2, 0.25) is 0 Å². The van der Waals surface area contributed by atoms with Gasteiger partial charge in [-0.2, -0.15) is 0 Å². The second kappa shape index (κ2) is 8.51. The molecular formula is C22H35N3. The summed E-state index contributed by atoms with van der Waals surface area (Å²) in [6.45, 7) is 1.12. The fourth-order valence-corrected chi connectivity index (χ4v) is 5.80. The van der Waals surface area contributed by atoms with E-state index in [2.05, 4.69) is 21.4 Å². The maximum atomic E-state index is 4.59. The van der Waals surface area contributed by atoms with Crippen molar-refractivity contribution in [2.75, 3.05) is 11.9 Å². The molecule has 3 fully saturated rings. The molecule has 0 spiro atoms. The van der Waals surface area contributed by atoms with Crippen LogP contribution < -0.4 is 5.32 Å².